The number of carbonyl (C=O) groups is 2. The molecular formula is C19H31N3O3. The zero-order valence-corrected chi connectivity index (χ0v) is 14.2. The van der Waals surface area contributed by atoms with Gasteiger partial charge in [0, 0.05) is 42.9 Å². The van der Waals surface area contributed by atoms with Gasteiger partial charge < -0.3 is 20.2 Å². The molecule has 2 aliphatic carbocycles. The molecule has 6 nitrogen and oxygen atoms in total. The van der Waals surface area contributed by atoms with Gasteiger partial charge in [-0.3, -0.25) is 4.79 Å². The largest absolute Gasteiger partial charge is 0.465 e. The van der Waals surface area contributed by atoms with Gasteiger partial charge >= 0.3 is 6.09 Å². The molecule has 6 heteroatoms. The van der Waals surface area contributed by atoms with Crippen LogP contribution in [0.3, 0.4) is 0 Å². The van der Waals surface area contributed by atoms with Crippen molar-refractivity contribution in [3.63, 3.8) is 0 Å². The monoisotopic (exact) mass is 358 g/mol. The van der Waals surface area contributed by atoms with E-state index in [-0.39, 0.29) is 5.41 Å². The molecule has 2 saturated carbocycles. The van der Waals surface area contributed by atoms with E-state index in [1.54, 1.807) is 0 Å². The molecule has 2 aliphatic heterocycles. The van der Waals surface area contributed by atoms with E-state index < -0.39 is 49.4 Å². The highest BCUT2D eigenvalue weighted by atomic mass is 16.4. The first-order chi connectivity index (χ1) is 15.4. The third-order valence-electron chi connectivity index (χ3n) is 6.27. The summed E-state index contributed by atoms with van der Waals surface area (Å²) in [7, 11) is 0. The van der Waals surface area contributed by atoms with Gasteiger partial charge in [-0.2, -0.15) is 0 Å². The highest BCUT2D eigenvalue weighted by Gasteiger charge is 2.51. The second kappa shape index (κ2) is 6.15. The number of hydrogen-bond donors (Lipinski definition) is 2. The first-order valence-corrected chi connectivity index (χ1v) is 8.96. The van der Waals surface area contributed by atoms with Crippen molar-refractivity contribution in [2.75, 3.05) is 26.2 Å². The van der Waals surface area contributed by atoms with Crippen LogP contribution in [-0.4, -0.2) is 64.7 Å². The minimum absolute atomic E-state index is 0.0315. The normalized spacial score (nSPS) is 41.1. The summed E-state index contributed by atoms with van der Waals surface area (Å²) in [5.74, 6) is -1.39. The van der Waals surface area contributed by atoms with Crippen molar-refractivity contribution in [1.29, 1.82) is 0 Å². The van der Waals surface area contributed by atoms with E-state index in [2.05, 4.69) is 10.2 Å². The lowest BCUT2D eigenvalue weighted by Gasteiger charge is -2.51. The summed E-state index contributed by atoms with van der Waals surface area (Å²) in [5, 5.41) is 11.3. The summed E-state index contributed by atoms with van der Waals surface area (Å²) in [6.07, 6.45) is -6.80. The van der Waals surface area contributed by atoms with E-state index in [0.717, 1.165) is 19.3 Å². The van der Waals surface area contributed by atoms with E-state index in [4.69, 9.17) is 12.3 Å². The molecule has 2 heterocycles. The Morgan fingerprint density at radius 1 is 1.24 bits per heavy atom. The summed E-state index contributed by atoms with van der Waals surface area (Å²) < 4.78 is 71.2. The zero-order valence-electron chi connectivity index (χ0n) is 23.2. The van der Waals surface area contributed by atoms with Crippen molar-refractivity contribution in [3.05, 3.63) is 0 Å². The van der Waals surface area contributed by atoms with Gasteiger partial charge in [-0.1, -0.05) is 0 Å². The Morgan fingerprint density at radius 3 is 2.56 bits per heavy atom. The number of rotatable bonds is 3. The molecule has 0 bridgehead atoms. The lowest BCUT2D eigenvalue weighted by Crippen LogP contribution is -2.56. The van der Waals surface area contributed by atoms with Gasteiger partial charge in [0.05, 0.1) is 0 Å². The van der Waals surface area contributed by atoms with Gasteiger partial charge in [-0.25, -0.2) is 4.79 Å². The molecule has 2 saturated heterocycles. The fourth-order valence-corrected chi connectivity index (χ4v) is 4.69. The van der Waals surface area contributed by atoms with Crippen LogP contribution in [0.15, 0.2) is 0 Å². The van der Waals surface area contributed by atoms with Crippen LogP contribution in [0.5, 0.6) is 0 Å². The molecule has 4 rings (SSSR count). The number of amides is 2. The molecule has 25 heavy (non-hydrogen) atoms. The molecule has 0 aromatic rings. The lowest BCUT2D eigenvalue weighted by molar-refractivity contribution is -0.130. The van der Waals surface area contributed by atoms with Crippen molar-refractivity contribution < 1.29 is 27.0 Å². The third kappa shape index (κ3) is 3.25. The van der Waals surface area contributed by atoms with Crippen LogP contribution >= 0.6 is 0 Å². The van der Waals surface area contributed by atoms with Crippen molar-refractivity contribution in [3.8, 4) is 0 Å². The van der Waals surface area contributed by atoms with Crippen LogP contribution in [0.1, 0.15) is 70.4 Å². The third-order valence-corrected chi connectivity index (χ3v) is 6.27. The first kappa shape index (κ1) is 9.58. The number of carboxylic acid groups (broad SMARTS) is 1. The fourth-order valence-electron chi connectivity index (χ4n) is 4.69. The quantitative estimate of drug-likeness (QED) is 0.812. The van der Waals surface area contributed by atoms with Crippen LogP contribution in [-0.2, 0) is 4.79 Å². The van der Waals surface area contributed by atoms with E-state index >= 15 is 0 Å². The number of hydrogen-bond acceptors (Lipinski definition) is 3. The van der Waals surface area contributed by atoms with Gasteiger partial charge in [0.25, 0.3) is 0 Å². The maximum atomic E-state index is 13.0. The Hall–Kier alpha value is -1.30. The van der Waals surface area contributed by atoms with Gasteiger partial charge in [-0.15, -0.1) is 0 Å². The summed E-state index contributed by atoms with van der Waals surface area (Å²) in [6, 6.07) is 0.300. The number of carbonyl (C=O) groups excluding carboxylic acids is 1. The average Bonchev–Trinajstić information content (AvgIpc) is 3.15. The minimum atomic E-state index is -3.30. The molecule has 0 radical (unpaired) electrons. The Balaban J connectivity index is 1.36. The van der Waals surface area contributed by atoms with Crippen LogP contribution in [0.4, 0.5) is 4.79 Å². The summed E-state index contributed by atoms with van der Waals surface area (Å²) in [4.78, 5) is 27.9. The van der Waals surface area contributed by atoms with Crippen LogP contribution in [0.2, 0.25) is 0 Å². The Labute approximate surface area is 162 Å². The van der Waals surface area contributed by atoms with E-state index in [1.807, 2.05) is 0 Å². The molecule has 0 aromatic carbocycles. The molecule has 4 fully saturated rings. The smallest absolute Gasteiger partial charge is 0.407 e. The Morgan fingerprint density at radius 2 is 1.96 bits per heavy atom. The standard InChI is InChI=1S/C19H31N3O3/c1-18(5-2-6-18)20-16(23)14-3-8-21(9-4-14)15-11-19(12-15)7-10-22(13-19)17(24)25/h14-15H,2-13H2,1H3,(H,20,23)(H,24,25)/t15-,19-/i1D3,2D2,5D2,6D2. The summed E-state index contributed by atoms with van der Waals surface area (Å²) in [5.41, 5.74) is -2.95. The van der Waals surface area contributed by atoms with E-state index in [9.17, 15) is 14.7 Å². The van der Waals surface area contributed by atoms with Crippen molar-refractivity contribution in [2.45, 2.75) is 69.7 Å². The lowest BCUT2D eigenvalue weighted by atomic mass is 9.64. The van der Waals surface area contributed by atoms with E-state index in [1.165, 1.54) is 4.90 Å². The maximum absolute atomic E-state index is 13.0. The predicted octanol–water partition coefficient (Wildman–Crippen LogP) is 2.29. The molecule has 4 aliphatic rings. The first-order valence-electron chi connectivity index (χ1n) is 13.5. The molecule has 2 amide bonds. The summed E-state index contributed by atoms with van der Waals surface area (Å²) in [6.45, 7) is -1.06. The van der Waals surface area contributed by atoms with Crippen molar-refractivity contribution in [1.82, 2.24) is 15.1 Å². The highest BCUT2D eigenvalue weighted by Crippen LogP contribution is 2.50. The van der Waals surface area contributed by atoms with Gasteiger partial charge in [0.15, 0.2) is 0 Å². The van der Waals surface area contributed by atoms with E-state index in [0.29, 0.717) is 45.1 Å². The molecule has 140 valence electrons. The van der Waals surface area contributed by atoms with Gasteiger partial charge in [-0.05, 0) is 76.6 Å². The van der Waals surface area contributed by atoms with Crippen LogP contribution < -0.4 is 5.32 Å². The molecule has 0 aromatic heterocycles. The highest BCUT2D eigenvalue weighted by molar-refractivity contribution is 5.79. The minimum Gasteiger partial charge on any atom is -0.465 e. The SMILES string of the molecule is [2H]C([2H])([2H])C1(NC(=O)C2CCN([C@H]3C[C@@]4(CCN(C(=O)O)C4)C3)CC2)C([2H])([2H])C([2H])([2H])C1([2H])[2H]. The predicted molar refractivity (Wildman–Crippen MR) is 94.4 cm³/mol. The number of piperidine rings is 1. The number of nitrogens with one attached hydrogen (secondary N) is 1. The maximum Gasteiger partial charge on any atom is 0.407 e. The zero-order chi connectivity index (χ0) is 25.5. The summed E-state index contributed by atoms with van der Waals surface area (Å²) >= 11 is 0. The second-order valence-electron chi connectivity index (χ2n) is 7.94. The number of likely N-dealkylation sites (tertiary alicyclic amines) is 2. The molecule has 0 atom stereocenters. The second-order valence-corrected chi connectivity index (χ2v) is 7.94. The van der Waals surface area contributed by atoms with Crippen molar-refractivity contribution in [2.24, 2.45) is 11.3 Å². The van der Waals surface area contributed by atoms with Crippen LogP contribution in [0, 0.1) is 11.3 Å². The molecular weight excluding hydrogens is 318 g/mol. The molecule has 0 unspecified atom stereocenters. The number of nitrogens with zero attached hydrogens (tertiary/aromatic N) is 2. The Bertz CT molecular complexity index is 847. The van der Waals surface area contributed by atoms with Gasteiger partial charge in [0.2, 0.25) is 5.91 Å². The molecule has 1 spiro atoms. The average molecular weight is 359 g/mol. The van der Waals surface area contributed by atoms with Crippen LogP contribution in [0.25, 0.3) is 0 Å². The Kier molecular flexibility index (Phi) is 2.36. The fraction of sp³-hybridized carbons (Fsp3) is 0.895. The topological polar surface area (TPSA) is 72.9 Å². The molecule has 2 N–H and O–H groups in total. The van der Waals surface area contributed by atoms with Crippen molar-refractivity contribution >= 4 is 12.0 Å². The van der Waals surface area contributed by atoms with Gasteiger partial charge in [0.1, 0.15) is 0 Å².